The molecular weight excluding hydrogens is 432 g/mol. The molecule has 2 amide bonds. The average Bonchev–Trinajstić information content (AvgIpc) is 2.77. The van der Waals surface area contributed by atoms with Crippen LogP contribution in [0, 0.1) is 10.1 Å². The Bertz CT molecular complexity index is 838. The van der Waals surface area contributed by atoms with Crippen LogP contribution in [0.3, 0.4) is 0 Å². The van der Waals surface area contributed by atoms with E-state index in [2.05, 4.69) is 15.9 Å². The second kappa shape index (κ2) is 7.87. The lowest BCUT2D eigenvalue weighted by molar-refractivity contribution is -0.386. The number of aromatic hydroxyl groups is 1. The number of ether oxygens (including phenoxy) is 1. The van der Waals surface area contributed by atoms with Crippen molar-refractivity contribution >= 4 is 56.6 Å². The van der Waals surface area contributed by atoms with Crippen molar-refractivity contribution in [2.45, 2.75) is 20.0 Å². The summed E-state index contributed by atoms with van der Waals surface area (Å²) >= 11 is 3.60. The monoisotopic (exact) mass is 444 g/mol. The Hall–Kier alpha value is -2.40. The largest absolute Gasteiger partial charge is 0.501 e. The lowest BCUT2D eigenvalue weighted by Crippen LogP contribution is -2.35. The van der Waals surface area contributed by atoms with E-state index in [1.807, 2.05) is 0 Å². The third-order valence-corrected chi connectivity index (χ3v) is 4.60. The highest BCUT2D eigenvalue weighted by molar-refractivity contribution is 9.10. The molecule has 2 rings (SSSR count). The van der Waals surface area contributed by atoms with Crippen molar-refractivity contribution in [1.29, 1.82) is 0 Å². The molecule has 1 heterocycles. The molecule has 1 saturated heterocycles. The molecule has 1 N–H and O–H groups in total. The summed E-state index contributed by atoms with van der Waals surface area (Å²) in [5.41, 5.74) is -0.318. The Morgan fingerprint density at radius 2 is 2.12 bits per heavy atom. The topological polar surface area (TPSA) is 127 Å². The fraction of sp³-hybridized carbons (Fsp3) is 0.267. The van der Waals surface area contributed by atoms with Gasteiger partial charge in [0.15, 0.2) is 0 Å². The van der Waals surface area contributed by atoms with E-state index in [1.54, 1.807) is 13.8 Å². The molecule has 0 aromatic heterocycles. The number of nitro benzene ring substituents is 1. The molecule has 0 atom stereocenters. The normalized spacial score (nSPS) is 15.8. The van der Waals surface area contributed by atoms with Crippen LogP contribution in [0.5, 0.6) is 5.75 Å². The summed E-state index contributed by atoms with van der Waals surface area (Å²) in [6, 6.07) is 2.43. The van der Waals surface area contributed by atoms with E-state index in [9.17, 15) is 29.6 Å². The first kappa shape index (κ1) is 19.9. The molecule has 1 aromatic rings. The summed E-state index contributed by atoms with van der Waals surface area (Å²) in [7, 11) is 0. The molecule has 0 bridgehead atoms. The Morgan fingerprint density at radius 3 is 2.69 bits per heavy atom. The molecule has 9 nitrogen and oxygen atoms in total. The van der Waals surface area contributed by atoms with Crippen LogP contribution in [0.25, 0.3) is 6.08 Å². The van der Waals surface area contributed by atoms with Crippen molar-refractivity contribution in [2.24, 2.45) is 0 Å². The molecule has 0 radical (unpaired) electrons. The molecule has 11 heteroatoms. The first-order valence-electron chi connectivity index (χ1n) is 7.22. The zero-order valence-electron chi connectivity index (χ0n) is 13.6. The van der Waals surface area contributed by atoms with E-state index < -0.39 is 40.0 Å². The van der Waals surface area contributed by atoms with Gasteiger partial charge in [-0.3, -0.25) is 29.4 Å². The Labute approximate surface area is 160 Å². The molecule has 138 valence electrons. The number of nitro groups is 1. The number of carbonyl (C=O) groups is 3. The fourth-order valence-electron chi connectivity index (χ4n) is 2.04. The van der Waals surface area contributed by atoms with Crippen molar-refractivity contribution in [2.75, 3.05) is 6.54 Å². The van der Waals surface area contributed by atoms with Gasteiger partial charge in [0.05, 0.1) is 20.4 Å². The van der Waals surface area contributed by atoms with E-state index in [-0.39, 0.29) is 21.0 Å². The van der Waals surface area contributed by atoms with Gasteiger partial charge < -0.3 is 9.84 Å². The Kier molecular flexibility index (Phi) is 6.03. The minimum absolute atomic E-state index is 0.000709. The van der Waals surface area contributed by atoms with E-state index in [0.717, 1.165) is 11.0 Å². The van der Waals surface area contributed by atoms with Gasteiger partial charge in [-0.1, -0.05) is 0 Å². The number of amides is 2. The molecule has 0 spiro atoms. The summed E-state index contributed by atoms with van der Waals surface area (Å²) in [6.45, 7) is 2.77. The van der Waals surface area contributed by atoms with Crippen LogP contribution in [-0.4, -0.2) is 44.7 Å². The number of carbonyl (C=O) groups excluding carboxylic acids is 3. The molecule has 1 aromatic carbocycles. The van der Waals surface area contributed by atoms with Crippen LogP contribution >= 0.6 is 27.7 Å². The van der Waals surface area contributed by atoms with Crippen LogP contribution in [0.2, 0.25) is 0 Å². The van der Waals surface area contributed by atoms with Gasteiger partial charge in [-0.2, -0.15) is 0 Å². The Morgan fingerprint density at radius 1 is 1.46 bits per heavy atom. The zero-order chi connectivity index (χ0) is 19.6. The smallest absolute Gasteiger partial charge is 0.326 e. The second-order valence-electron chi connectivity index (χ2n) is 5.43. The van der Waals surface area contributed by atoms with Crippen LogP contribution in [-0.2, 0) is 14.3 Å². The summed E-state index contributed by atoms with van der Waals surface area (Å²) < 4.78 is 4.98. The number of phenols is 1. The van der Waals surface area contributed by atoms with Crippen molar-refractivity contribution in [3.8, 4) is 5.75 Å². The third kappa shape index (κ3) is 4.41. The van der Waals surface area contributed by atoms with Crippen molar-refractivity contribution in [1.82, 2.24) is 4.90 Å². The van der Waals surface area contributed by atoms with E-state index in [4.69, 9.17) is 4.74 Å². The predicted molar refractivity (Wildman–Crippen MR) is 96.4 cm³/mol. The van der Waals surface area contributed by atoms with Crippen molar-refractivity contribution in [3.05, 3.63) is 37.2 Å². The van der Waals surface area contributed by atoms with Gasteiger partial charge in [0.1, 0.15) is 6.54 Å². The van der Waals surface area contributed by atoms with Gasteiger partial charge in [-0.25, -0.2) is 0 Å². The maximum absolute atomic E-state index is 12.3. The Balaban J connectivity index is 2.27. The highest BCUT2D eigenvalue weighted by Crippen LogP contribution is 2.37. The van der Waals surface area contributed by atoms with Crippen LogP contribution in [0.15, 0.2) is 21.5 Å². The minimum atomic E-state index is -0.773. The first-order chi connectivity index (χ1) is 12.1. The molecule has 26 heavy (non-hydrogen) atoms. The number of thioether (sulfide) groups is 1. The number of esters is 1. The summed E-state index contributed by atoms with van der Waals surface area (Å²) in [5, 5.41) is 20.0. The number of hydrogen-bond acceptors (Lipinski definition) is 8. The van der Waals surface area contributed by atoms with Crippen molar-refractivity contribution < 1.29 is 29.2 Å². The van der Waals surface area contributed by atoms with E-state index in [0.29, 0.717) is 11.8 Å². The molecule has 0 aliphatic carbocycles. The SMILES string of the molecule is CC(C)OC(=O)CN1C(=O)S/C(=C/c2cc(Br)c(O)c([N+](=O)[O-])c2)C1=O. The molecule has 0 unspecified atom stereocenters. The number of rotatable bonds is 5. The highest BCUT2D eigenvalue weighted by atomic mass is 79.9. The summed E-state index contributed by atoms with van der Waals surface area (Å²) in [5.74, 6) is -1.96. The van der Waals surface area contributed by atoms with E-state index >= 15 is 0 Å². The van der Waals surface area contributed by atoms with Gasteiger partial charge in [0.2, 0.25) is 5.75 Å². The average molecular weight is 445 g/mol. The van der Waals surface area contributed by atoms with E-state index in [1.165, 1.54) is 12.1 Å². The molecule has 1 aliphatic rings. The second-order valence-corrected chi connectivity index (χ2v) is 7.28. The van der Waals surface area contributed by atoms with Gasteiger partial charge in [-0.05, 0) is 59.2 Å². The molecule has 1 fully saturated rings. The quantitative estimate of drug-likeness (QED) is 0.317. The maximum atomic E-state index is 12.3. The fourth-order valence-corrected chi connectivity index (χ4v) is 3.35. The molecule has 1 aliphatic heterocycles. The number of hydrogen-bond donors (Lipinski definition) is 1. The van der Waals surface area contributed by atoms with Gasteiger partial charge in [0, 0.05) is 6.07 Å². The lowest BCUT2D eigenvalue weighted by Gasteiger charge is -2.13. The van der Waals surface area contributed by atoms with Crippen molar-refractivity contribution in [3.63, 3.8) is 0 Å². The number of phenolic OH excluding ortho intramolecular Hbond substituents is 1. The molecule has 0 saturated carbocycles. The van der Waals surface area contributed by atoms with Gasteiger partial charge >= 0.3 is 11.7 Å². The minimum Gasteiger partial charge on any atom is -0.501 e. The standard InChI is InChI=1S/C15H13BrN2O7S/c1-7(2)25-12(19)6-17-14(21)11(26-15(17)22)5-8-3-9(16)13(20)10(4-8)18(23)24/h3-5,7,20H,6H2,1-2H3/b11-5+. The number of nitrogens with zero attached hydrogens (tertiary/aromatic N) is 2. The van der Waals surface area contributed by atoms with Gasteiger partial charge in [-0.15, -0.1) is 0 Å². The van der Waals surface area contributed by atoms with Crippen LogP contribution in [0.1, 0.15) is 19.4 Å². The van der Waals surface area contributed by atoms with Crippen LogP contribution in [0.4, 0.5) is 10.5 Å². The summed E-state index contributed by atoms with van der Waals surface area (Å²) in [4.78, 5) is 46.9. The van der Waals surface area contributed by atoms with Crippen LogP contribution < -0.4 is 0 Å². The zero-order valence-corrected chi connectivity index (χ0v) is 16.0. The van der Waals surface area contributed by atoms with Gasteiger partial charge in [0.25, 0.3) is 11.1 Å². The lowest BCUT2D eigenvalue weighted by atomic mass is 10.1. The summed E-state index contributed by atoms with van der Waals surface area (Å²) in [6.07, 6.45) is 0.892. The first-order valence-corrected chi connectivity index (χ1v) is 8.83. The molecular formula is C15H13BrN2O7S. The number of benzene rings is 1. The maximum Gasteiger partial charge on any atom is 0.326 e. The highest BCUT2D eigenvalue weighted by Gasteiger charge is 2.37. The predicted octanol–water partition coefficient (Wildman–Crippen LogP) is 3.05. The third-order valence-electron chi connectivity index (χ3n) is 3.09. The number of halogens is 1. The number of imide groups is 1.